The molecule has 0 spiro atoms. The highest BCUT2D eigenvalue weighted by Crippen LogP contribution is 2.26. The van der Waals surface area contributed by atoms with Crippen molar-refractivity contribution in [3.05, 3.63) is 34.8 Å². The van der Waals surface area contributed by atoms with Crippen LogP contribution >= 0.6 is 11.3 Å². The van der Waals surface area contributed by atoms with E-state index in [9.17, 15) is 0 Å². The summed E-state index contributed by atoms with van der Waals surface area (Å²) in [6.45, 7) is 12.3. The number of rotatable bonds is 9. The highest BCUT2D eigenvalue weighted by molar-refractivity contribution is 7.14. The first-order chi connectivity index (χ1) is 12.1. The number of azo groups is 1. The van der Waals surface area contributed by atoms with Gasteiger partial charge in [-0.15, -0.1) is 0 Å². The maximum atomic E-state index is 5.61. The predicted molar refractivity (Wildman–Crippen MR) is 106 cm³/mol. The molecule has 1 aromatic carbocycles. The van der Waals surface area contributed by atoms with Gasteiger partial charge < -0.3 is 10.6 Å². The number of aryl methyl sites for hydroxylation is 1. The quantitative estimate of drug-likeness (QED) is 0.402. The molecule has 5 nitrogen and oxygen atoms in total. The van der Waals surface area contributed by atoms with E-state index in [2.05, 4.69) is 59.5 Å². The van der Waals surface area contributed by atoms with Crippen LogP contribution in [0.2, 0.25) is 0 Å². The Bertz CT molecular complexity index is 687. The van der Waals surface area contributed by atoms with Gasteiger partial charge in [0.05, 0.1) is 16.5 Å². The number of thiazole rings is 1. The summed E-state index contributed by atoms with van der Waals surface area (Å²) in [6, 6.07) is 8.29. The normalized spacial score (nSPS) is 11.4. The lowest BCUT2D eigenvalue weighted by Crippen LogP contribution is -2.35. The number of hydrogen-bond donors (Lipinski definition) is 1. The van der Waals surface area contributed by atoms with E-state index in [1.54, 1.807) is 11.3 Å². The first-order valence-corrected chi connectivity index (χ1v) is 9.89. The molecule has 2 aromatic rings. The Hall–Kier alpha value is -1.79. The number of aromatic nitrogens is 1. The molecule has 2 rings (SSSR count). The van der Waals surface area contributed by atoms with Gasteiger partial charge in [-0.05, 0) is 87.8 Å². The average Bonchev–Trinajstić information content (AvgIpc) is 2.90. The minimum Gasteiger partial charge on any atom is -0.372 e. The Balaban J connectivity index is 2.14. The van der Waals surface area contributed by atoms with Gasteiger partial charge in [0.25, 0.3) is 0 Å². The van der Waals surface area contributed by atoms with E-state index in [0.717, 1.165) is 49.8 Å². The van der Waals surface area contributed by atoms with Crippen molar-refractivity contribution in [3.8, 4) is 0 Å². The second kappa shape index (κ2) is 9.63. The van der Waals surface area contributed by atoms with Crippen LogP contribution in [0, 0.1) is 13.8 Å². The fourth-order valence-electron chi connectivity index (χ4n) is 2.77. The molecule has 0 fully saturated rings. The van der Waals surface area contributed by atoms with Crippen LogP contribution in [0.3, 0.4) is 0 Å². The molecule has 0 aliphatic rings. The van der Waals surface area contributed by atoms with Crippen molar-refractivity contribution in [1.82, 2.24) is 0 Å². The largest absolute Gasteiger partial charge is 0.408 e. The monoisotopic (exact) mass is 360 g/mol. The summed E-state index contributed by atoms with van der Waals surface area (Å²) in [5, 5.41) is 9.91. The minimum atomic E-state index is 0.735. The van der Waals surface area contributed by atoms with Crippen LogP contribution in [-0.2, 0) is 6.54 Å². The lowest BCUT2D eigenvalue weighted by Gasteiger charge is -2.20. The van der Waals surface area contributed by atoms with Crippen LogP contribution in [0.4, 0.5) is 16.5 Å². The summed E-state index contributed by atoms with van der Waals surface area (Å²) in [6.07, 6.45) is 2.10. The molecule has 6 heteroatoms. The van der Waals surface area contributed by atoms with E-state index in [-0.39, 0.29) is 0 Å². The van der Waals surface area contributed by atoms with E-state index in [0.29, 0.717) is 0 Å². The van der Waals surface area contributed by atoms with Gasteiger partial charge in [-0.1, -0.05) is 0 Å². The third-order valence-electron chi connectivity index (χ3n) is 4.45. The molecule has 136 valence electrons. The molecular weight excluding hydrogens is 330 g/mol. The summed E-state index contributed by atoms with van der Waals surface area (Å²) < 4.78 is 2.25. The second-order valence-corrected chi connectivity index (χ2v) is 7.24. The fraction of sp³-hybridized carbons (Fsp3) is 0.526. The first kappa shape index (κ1) is 19.5. The Morgan fingerprint density at radius 1 is 1.04 bits per heavy atom. The standard InChI is InChI=1S/C19H30N5S/c1-5-23(6-2)18-11-9-17(10-12-18)21-22-19-24(14-8-7-13-20)15(3)16(4)25-19/h9-12H,5-8,13-14,20H2,1-4H3/q+1. The van der Waals surface area contributed by atoms with E-state index >= 15 is 0 Å². The van der Waals surface area contributed by atoms with E-state index in [1.807, 2.05) is 12.1 Å². The highest BCUT2D eigenvalue weighted by atomic mass is 32.1. The van der Waals surface area contributed by atoms with Crippen molar-refractivity contribution in [2.75, 3.05) is 24.5 Å². The van der Waals surface area contributed by atoms with Crippen molar-refractivity contribution in [2.24, 2.45) is 16.0 Å². The molecule has 0 saturated heterocycles. The molecular formula is C19H30N5S+. The molecule has 0 unspecified atom stereocenters. The topological polar surface area (TPSA) is 57.9 Å². The molecule has 0 aliphatic heterocycles. The molecule has 0 amide bonds. The summed E-state index contributed by atoms with van der Waals surface area (Å²) in [4.78, 5) is 3.61. The van der Waals surface area contributed by atoms with Gasteiger partial charge in [0, 0.05) is 18.8 Å². The Labute approximate surface area is 155 Å². The molecule has 0 bridgehead atoms. The van der Waals surface area contributed by atoms with Crippen LogP contribution in [0.25, 0.3) is 0 Å². The van der Waals surface area contributed by atoms with Crippen molar-refractivity contribution in [3.63, 3.8) is 0 Å². The number of benzene rings is 1. The summed E-state index contributed by atoms with van der Waals surface area (Å²) in [7, 11) is 0. The molecule has 0 saturated carbocycles. The highest BCUT2D eigenvalue weighted by Gasteiger charge is 2.19. The third-order valence-corrected chi connectivity index (χ3v) is 5.54. The van der Waals surface area contributed by atoms with Crippen LogP contribution in [0.5, 0.6) is 0 Å². The van der Waals surface area contributed by atoms with Gasteiger partial charge in [0.2, 0.25) is 0 Å². The zero-order chi connectivity index (χ0) is 18.2. The molecule has 1 heterocycles. The van der Waals surface area contributed by atoms with Crippen molar-refractivity contribution >= 4 is 27.8 Å². The number of hydrogen-bond acceptors (Lipinski definition) is 5. The van der Waals surface area contributed by atoms with Gasteiger partial charge in [0.15, 0.2) is 0 Å². The molecule has 25 heavy (non-hydrogen) atoms. The number of nitrogens with zero attached hydrogens (tertiary/aromatic N) is 4. The Morgan fingerprint density at radius 2 is 1.72 bits per heavy atom. The second-order valence-electron chi connectivity index (χ2n) is 6.06. The SMILES string of the molecule is CCN(CC)c1ccc(/N=N/c2sc(C)c(C)[n+]2CCCCN)cc1. The summed E-state index contributed by atoms with van der Waals surface area (Å²) in [5.74, 6) is 0. The molecule has 0 radical (unpaired) electrons. The summed E-state index contributed by atoms with van der Waals surface area (Å²) in [5.41, 5.74) is 8.99. The van der Waals surface area contributed by atoms with Crippen molar-refractivity contribution in [2.45, 2.75) is 47.1 Å². The van der Waals surface area contributed by atoms with E-state index < -0.39 is 0 Å². The lowest BCUT2D eigenvalue weighted by atomic mass is 10.2. The van der Waals surface area contributed by atoms with Crippen LogP contribution < -0.4 is 15.2 Å². The van der Waals surface area contributed by atoms with Gasteiger partial charge in [-0.3, -0.25) is 0 Å². The van der Waals surface area contributed by atoms with Gasteiger partial charge in [-0.25, -0.2) is 4.57 Å². The smallest absolute Gasteiger partial charge is 0.372 e. The van der Waals surface area contributed by atoms with Crippen LogP contribution in [0.1, 0.15) is 37.3 Å². The fourth-order valence-corrected chi connectivity index (χ4v) is 3.72. The average molecular weight is 361 g/mol. The Morgan fingerprint density at radius 3 is 2.32 bits per heavy atom. The van der Waals surface area contributed by atoms with Crippen molar-refractivity contribution < 1.29 is 4.57 Å². The zero-order valence-electron chi connectivity index (χ0n) is 15.8. The van der Waals surface area contributed by atoms with Crippen LogP contribution in [0.15, 0.2) is 34.5 Å². The van der Waals surface area contributed by atoms with Crippen LogP contribution in [-0.4, -0.2) is 19.6 Å². The predicted octanol–water partition coefficient (Wildman–Crippen LogP) is 4.65. The molecule has 2 N–H and O–H groups in total. The lowest BCUT2D eigenvalue weighted by molar-refractivity contribution is -0.686. The molecule has 0 aliphatic carbocycles. The van der Waals surface area contributed by atoms with Gasteiger partial charge in [0.1, 0.15) is 11.4 Å². The maximum absolute atomic E-state index is 5.61. The zero-order valence-corrected chi connectivity index (χ0v) is 16.6. The van der Waals surface area contributed by atoms with E-state index in [1.165, 1.54) is 16.3 Å². The Kier molecular flexibility index (Phi) is 7.52. The molecule has 0 atom stereocenters. The number of nitrogens with two attached hydrogens (primary N) is 1. The van der Waals surface area contributed by atoms with Gasteiger partial charge in [-0.2, -0.15) is 0 Å². The summed E-state index contributed by atoms with van der Waals surface area (Å²) >= 11 is 1.70. The minimum absolute atomic E-state index is 0.735. The maximum Gasteiger partial charge on any atom is 0.408 e. The number of anilines is 1. The number of unbranched alkanes of at least 4 members (excludes halogenated alkanes) is 1. The molecule has 1 aromatic heterocycles. The van der Waals surface area contributed by atoms with Gasteiger partial charge >= 0.3 is 5.13 Å². The first-order valence-electron chi connectivity index (χ1n) is 9.07. The van der Waals surface area contributed by atoms with E-state index in [4.69, 9.17) is 5.73 Å². The third kappa shape index (κ3) is 5.09. The van der Waals surface area contributed by atoms with Crippen molar-refractivity contribution in [1.29, 1.82) is 0 Å².